The Morgan fingerprint density at radius 1 is 1.37 bits per heavy atom. The SMILES string of the molecule is CN(Cc1ccc(OC(F)F)cc1)C(C)(C)C(=O)O. The van der Waals surface area contributed by atoms with Crippen LogP contribution in [0.25, 0.3) is 0 Å². The Bertz CT molecular complexity index is 432. The summed E-state index contributed by atoms with van der Waals surface area (Å²) in [6.07, 6.45) is 0. The Morgan fingerprint density at radius 3 is 2.32 bits per heavy atom. The van der Waals surface area contributed by atoms with Crippen LogP contribution in [0.15, 0.2) is 24.3 Å². The molecule has 1 N–H and O–H groups in total. The lowest BCUT2D eigenvalue weighted by Gasteiger charge is -2.31. The number of carbonyl (C=O) groups is 1. The largest absolute Gasteiger partial charge is 0.480 e. The Morgan fingerprint density at radius 2 is 1.89 bits per heavy atom. The first-order valence-electron chi connectivity index (χ1n) is 5.72. The Kier molecular flexibility index (Phi) is 4.83. The van der Waals surface area contributed by atoms with E-state index in [0.717, 1.165) is 5.56 Å². The van der Waals surface area contributed by atoms with E-state index in [4.69, 9.17) is 5.11 Å². The van der Waals surface area contributed by atoms with Gasteiger partial charge in [0.25, 0.3) is 0 Å². The highest BCUT2D eigenvalue weighted by molar-refractivity contribution is 5.77. The van der Waals surface area contributed by atoms with Crippen molar-refractivity contribution in [2.24, 2.45) is 0 Å². The third-order valence-electron chi connectivity index (χ3n) is 3.05. The minimum Gasteiger partial charge on any atom is -0.480 e. The first-order valence-corrected chi connectivity index (χ1v) is 5.72. The van der Waals surface area contributed by atoms with Crippen LogP contribution >= 0.6 is 0 Å². The molecule has 19 heavy (non-hydrogen) atoms. The zero-order valence-corrected chi connectivity index (χ0v) is 11.1. The molecular weight excluding hydrogens is 256 g/mol. The van der Waals surface area contributed by atoms with Gasteiger partial charge in [0.15, 0.2) is 0 Å². The predicted molar refractivity (Wildman–Crippen MR) is 66.3 cm³/mol. The second-order valence-electron chi connectivity index (χ2n) is 4.74. The fraction of sp³-hybridized carbons (Fsp3) is 0.462. The first-order chi connectivity index (χ1) is 8.73. The standard InChI is InChI=1S/C13H17F2NO3/c1-13(2,11(17)18)16(3)8-9-4-6-10(7-5-9)19-12(14)15/h4-7,12H,8H2,1-3H3,(H,17,18). The van der Waals surface area contributed by atoms with Gasteiger partial charge in [0, 0.05) is 6.54 Å². The van der Waals surface area contributed by atoms with E-state index in [9.17, 15) is 13.6 Å². The molecule has 1 aromatic rings. The van der Waals surface area contributed by atoms with Crippen LogP contribution in [0.1, 0.15) is 19.4 Å². The molecule has 0 saturated carbocycles. The molecule has 0 amide bonds. The number of aliphatic carboxylic acids is 1. The number of alkyl halides is 2. The van der Waals surface area contributed by atoms with E-state index in [1.165, 1.54) is 12.1 Å². The number of rotatable bonds is 6. The lowest BCUT2D eigenvalue weighted by molar-refractivity contribution is -0.148. The van der Waals surface area contributed by atoms with Gasteiger partial charge >= 0.3 is 12.6 Å². The number of ether oxygens (including phenoxy) is 1. The smallest absolute Gasteiger partial charge is 0.387 e. The van der Waals surface area contributed by atoms with Gasteiger partial charge in [0.1, 0.15) is 11.3 Å². The number of likely N-dealkylation sites (N-methyl/N-ethyl adjacent to an activating group) is 1. The molecule has 1 rings (SSSR count). The quantitative estimate of drug-likeness (QED) is 0.865. The zero-order valence-electron chi connectivity index (χ0n) is 11.1. The van der Waals surface area contributed by atoms with Crippen molar-refractivity contribution in [1.29, 1.82) is 0 Å². The topological polar surface area (TPSA) is 49.8 Å². The summed E-state index contributed by atoms with van der Waals surface area (Å²) in [5.41, 5.74) is -0.184. The van der Waals surface area contributed by atoms with Gasteiger partial charge in [-0.05, 0) is 38.6 Å². The van der Waals surface area contributed by atoms with Crippen molar-refractivity contribution in [2.45, 2.75) is 32.5 Å². The van der Waals surface area contributed by atoms with Crippen LogP contribution < -0.4 is 4.74 Å². The summed E-state index contributed by atoms with van der Waals surface area (Å²) >= 11 is 0. The van der Waals surface area contributed by atoms with E-state index in [2.05, 4.69) is 4.74 Å². The Balaban J connectivity index is 2.70. The lowest BCUT2D eigenvalue weighted by Crippen LogP contribution is -2.47. The third kappa shape index (κ3) is 4.17. The molecule has 0 saturated heterocycles. The van der Waals surface area contributed by atoms with E-state index in [-0.39, 0.29) is 5.75 Å². The fourth-order valence-corrected chi connectivity index (χ4v) is 1.41. The van der Waals surface area contributed by atoms with Crippen molar-refractivity contribution in [1.82, 2.24) is 4.90 Å². The molecule has 106 valence electrons. The third-order valence-corrected chi connectivity index (χ3v) is 3.05. The summed E-state index contributed by atoms with van der Waals surface area (Å²) in [6.45, 7) is 0.751. The van der Waals surface area contributed by atoms with Crippen LogP contribution in [0.2, 0.25) is 0 Å². The summed E-state index contributed by atoms with van der Waals surface area (Å²) in [7, 11) is 1.69. The van der Waals surface area contributed by atoms with Crippen molar-refractivity contribution >= 4 is 5.97 Å². The van der Waals surface area contributed by atoms with Gasteiger partial charge in [0.05, 0.1) is 0 Å². The number of hydrogen-bond donors (Lipinski definition) is 1. The van der Waals surface area contributed by atoms with E-state index in [0.29, 0.717) is 6.54 Å². The number of halogens is 2. The maximum absolute atomic E-state index is 12.0. The lowest BCUT2D eigenvalue weighted by atomic mass is 10.0. The van der Waals surface area contributed by atoms with Crippen molar-refractivity contribution in [3.63, 3.8) is 0 Å². The van der Waals surface area contributed by atoms with E-state index in [1.807, 2.05) is 0 Å². The molecule has 0 bridgehead atoms. The molecule has 0 atom stereocenters. The zero-order chi connectivity index (χ0) is 14.6. The Hall–Kier alpha value is -1.69. The number of benzene rings is 1. The predicted octanol–water partition coefficient (Wildman–Crippen LogP) is 2.58. The first kappa shape index (κ1) is 15.4. The molecule has 1 aromatic carbocycles. The maximum atomic E-state index is 12.0. The molecule has 0 spiro atoms. The molecule has 4 nitrogen and oxygen atoms in total. The van der Waals surface area contributed by atoms with Crippen LogP contribution in [0.4, 0.5) is 8.78 Å². The van der Waals surface area contributed by atoms with E-state index >= 15 is 0 Å². The molecule has 0 aliphatic rings. The Labute approximate surface area is 110 Å². The van der Waals surface area contributed by atoms with Crippen LogP contribution in [-0.4, -0.2) is 35.2 Å². The molecule has 0 fully saturated rings. The highest BCUT2D eigenvalue weighted by atomic mass is 19.3. The number of carboxylic acid groups (broad SMARTS) is 1. The highest BCUT2D eigenvalue weighted by Crippen LogP contribution is 2.19. The second kappa shape index (κ2) is 5.97. The van der Waals surface area contributed by atoms with E-state index < -0.39 is 18.1 Å². The monoisotopic (exact) mass is 273 g/mol. The van der Waals surface area contributed by atoms with Gasteiger partial charge < -0.3 is 9.84 Å². The minimum atomic E-state index is -2.85. The number of carboxylic acids is 1. The summed E-state index contributed by atoms with van der Waals surface area (Å²) in [5.74, 6) is -0.841. The molecule has 0 aliphatic carbocycles. The molecule has 0 radical (unpaired) electrons. The summed E-state index contributed by atoms with van der Waals surface area (Å²) < 4.78 is 28.2. The summed E-state index contributed by atoms with van der Waals surface area (Å²) in [5, 5.41) is 9.09. The number of nitrogens with zero attached hydrogens (tertiary/aromatic N) is 1. The van der Waals surface area contributed by atoms with Crippen molar-refractivity contribution < 1.29 is 23.4 Å². The van der Waals surface area contributed by atoms with Gasteiger partial charge in [-0.1, -0.05) is 12.1 Å². The molecule has 0 aliphatic heterocycles. The number of hydrogen-bond acceptors (Lipinski definition) is 3. The van der Waals surface area contributed by atoms with Crippen molar-refractivity contribution in [3.05, 3.63) is 29.8 Å². The molecule has 0 heterocycles. The molecule has 0 unspecified atom stereocenters. The minimum absolute atomic E-state index is 0.0823. The normalized spacial score (nSPS) is 11.9. The maximum Gasteiger partial charge on any atom is 0.387 e. The van der Waals surface area contributed by atoms with Crippen LogP contribution in [0, 0.1) is 0 Å². The summed E-state index contributed by atoms with van der Waals surface area (Å²) in [4.78, 5) is 12.7. The van der Waals surface area contributed by atoms with Gasteiger partial charge in [-0.15, -0.1) is 0 Å². The fourth-order valence-electron chi connectivity index (χ4n) is 1.41. The van der Waals surface area contributed by atoms with Crippen LogP contribution in [0.3, 0.4) is 0 Å². The molecule has 0 aromatic heterocycles. The molecule has 6 heteroatoms. The summed E-state index contributed by atoms with van der Waals surface area (Å²) in [6, 6.07) is 6.13. The van der Waals surface area contributed by atoms with Gasteiger partial charge in [-0.3, -0.25) is 9.69 Å². The second-order valence-corrected chi connectivity index (χ2v) is 4.74. The van der Waals surface area contributed by atoms with Crippen molar-refractivity contribution in [3.8, 4) is 5.75 Å². The highest BCUT2D eigenvalue weighted by Gasteiger charge is 2.31. The van der Waals surface area contributed by atoms with E-state index in [1.54, 1.807) is 37.9 Å². The van der Waals surface area contributed by atoms with Gasteiger partial charge in [0.2, 0.25) is 0 Å². The van der Waals surface area contributed by atoms with Crippen LogP contribution in [-0.2, 0) is 11.3 Å². The van der Waals surface area contributed by atoms with Crippen LogP contribution in [0.5, 0.6) is 5.75 Å². The average molecular weight is 273 g/mol. The van der Waals surface area contributed by atoms with Crippen molar-refractivity contribution in [2.75, 3.05) is 7.05 Å². The average Bonchev–Trinajstić information content (AvgIpc) is 2.30. The van der Waals surface area contributed by atoms with Gasteiger partial charge in [-0.25, -0.2) is 0 Å². The molecular formula is C13H17F2NO3. The van der Waals surface area contributed by atoms with Gasteiger partial charge in [-0.2, -0.15) is 8.78 Å².